The lowest BCUT2D eigenvalue weighted by atomic mass is 10.1. The number of phenolic OH excluding ortho intramolecular Hbond substituents is 1. The lowest BCUT2D eigenvalue weighted by Crippen LogP contribution is -2.35. The number of hydrazone groups is 1. The molecule has 24 heavy (non-hydrogen) atoms. The van der Waals surface area contributed by atoms with Gasteiger partial charge in [-0.2, -0.15) is 5.10 Å². The normalized spacial score (nSPS) is 10.6. The number of para-hydroxylation sites is 1. The Morgan fingerprint density at radius 3 is 2.71 bits per heavy atom. The number of amides is 2. The van der Waals surface area contributed by atoms with Crippen molar-refractivity contribution in [1.29, 1.82) is 0 Å². The maximum Gasteiger partial charge on any atom is 0.259 e. The first kappa shape index (κ1) is 17.7. The van der Waals surface area contributed by atoms with E-state index >= 15 is 0 Å². The number of aryl methyl sites for hydroxylation is 1. The molecule has 0 spiro atoms. The number of hydrogen-bond acceptors (Lipinski definition) is 4. The highest BCUT2D eigenvalue weighted by molar-refractivity contribution is 9.10. The van der Waals surface area contributed by atoms with Crippen LogP contribution >= 0.6 is 15.9 Å². The summed E-state index contributed by atoms with van der Waals surface area (Å²) in [6, 6.07) is 12.1. The molecule has 3 N–H and O–H groups in total. The Morgan fingerprint density at radius 2 is 1.96 bits per heavy atom. The number of halogens is 1. The van der Waals surface area contributed by atoms with Crippen LogP contribution in [0.25, 0.3) is 0 Å². The van der Waals surface area contributed by atoms with Gasteiger partial charge in [0.1, 0.15) is 5.75 Å². The molecule has 0 aliphatic rings. The molecule has 0 atom stereocenters. The van der Waals surface area contributed by atoms with Crippen LogP contribution in [0.1, 0.15) is 21.5 Å². The predicted molar refractivity (Wildman–Crippen MR) is 95.1 cm³/mol. The van der Waals surface area contributed by atoms with Gasteiger partial charge in [0.2, 0.25) is 0 Å². The van der Waals surface area contributed by atoms with Crippen LogP contribution in [0.15, 0.2) is 52.0 Å². The Kier molecular flexibility index (Phi) is 6.08. The van der Waals surface area contributed by atoms with Gasteiger partial charge in [-0.15, -0.1) is 0 Å². The Balaban J connectivity index is 1.86. The molecule has 0 saturated carbocycles. The lowest BCUT2D eigenvalue weighted by molar-refractivity contribution is -0.120. The number of hydrogen-bond donors (Lipinski definition) is 3. The summed E-state index contributed by atoms with van der Waals surface area (Å²) in [5, 5.41) is 16.1. The molecular weight excluding hydrogens is 374 g/mol. The fraction of sp³-hybridized carbons (Fsp3) is 0.118. The third-order valence-electron chi connectivity index (χ3n) is 3.19. The fourth-order valence-corrected chi connectivity index (χ4v) is 2.37. The van der Waals surface area contributed by atoms with Crippen molar-refractivity contribution in [3.05, 3.63) is 63.6 Å². The van der Waals surface area contributed by atoms with Gasteiger partial charge in [-0.1, -0.05) is 24.3 Å². The summed E-state index contributed by atoms with van der Waals surface area (Å²) in [6.07, 6.45) is 1.34. The van der Waals surface area contributed by atoms with Gasteiger partial charge in [0, 0.05) is 10.0 Å². The first-order chi connectivity index (χ1) is 11.5. The zero-order valence-electron chi connectivity index (χ0n) is 12.9. The Hall–Kier alpha value is -2.67. The van der Waals surface area contributed by atoms with Crippen molar-refractivity contribution in [2.45, 2.75) is 6.92 Å². The Labute approximate surface area is 147 Å². The molecule has 6 nitrogen and oxygen atoms in total. The highest BCUT2D eigenvalue weighted by Gasteiger charge is 2.10. The molecule has 2 aromatic rings. The van der Waals surface area contributed by atoms with Crippen molar-refractivity contribution in [3.63, 3.8) is 0 Å². The van der Waals surface area contributed by atoms with Crippen molar-refractivity contribution in [1.82, 2.24) is 10.7 Å². The second-order valence-electron chi connectivity index (χ2n) is 4.97. The second-order valence-corrected chi connectivity index (χ2v) is 5.82. The van der Waals surface area contributed by atoms with Gasteiger partial charge in [-0.3, -0.25) is 9.59 Å². The summed E-state index contributed by atoms with van der Waals surface area (Å²) in [5.41, 5.74) is 3.94. The fourth-order valence-electron chi connectivity index (χ4n) is 1.90. The average Bonchev–Trinajstić information content (AvgIpc) is 2.57. The van der Waals surface area contributed by atoms with Crippen molar-refractivity contribution in [2.75, 3.05) is 6.54 Å². The quantitative estimate of drug-likeness (QED) is 0.541. The van der Waals surface area contributed by atoms with E-state index in [2.05, 4.69) is 31.8 Å². The zero-order valence-corrected chi connectivity index (χ0v) is 14.5. The number of benzene rings is 2. The Morgan fingerprint density at radius 1 is 1.21 bits per heavy atom. The van der Waals surface area contributed by atoms with Crippen LogP contribution in [0.3, 0.4) is 0 Å². The molecule has 0 saturated heterocycles. The molecule has 2 aromatic carbocycles. The second kappa shape index (κ2) is 8.26. The minimum atomic E-state index is -0.473. The molecule has 0 radical (unpaired) electrons. The molecule has 2 rings (SSSR count). The molecule has 0 aromatic heterocycles. The lowest BCUT2D eigenvalue weighted by Gasteiger charge is -2.06. The van der Waals surface area contributed by atoms with E-state index in [0.717, 1.165) is 0 Å². The average molecular weight is 390 g/mol. The van der Waals surface area contributed by atoms with Crippen LogP contribution in [-0.2, 0) is 4.79 Å². The van der Waals surface area contributed by atoms with Gasteiger partial charge in [0.05, 0.1) is 18.3 Å². The molecule has 0 heterocycles. The molecule has 0 fully saturated rings. The van der Waals surface area contributed by atoms with Crippen molar-refractivity contribution in [2.24, 2.45) is 5.10 Å². The molecule has 0 aliphatic carbocycles. The van der Waals surface area contributed by atoms with E-state index < -0.39 is 5.91 Å². The number of carbonyl (C=O) groups is 2. The van der Waals surface area contributed by atoms with E-state index in [-0.39, 0.29) is 18.2 Å². The minimum Gasteiger partial charge on any atom is -0.507 e. The van der Waals surface area contributed by atoms with Crippen LogP contribution in [0.2, 0.25) is 0 Å². The van der Waals surface area contributed by atoms with Crippen LogP contribution < -0.4 is 10.7 Å². The van der Waals surface area contributed by atoms with Gasteiger partial charge in [0.15, 0.2) is 0 Å². The first-order valence-electron chi connectivity index (χ1n) is 7.12. The van der Waals surface area contributed by atoms with E-state index in [9.17, 15) is 14.7 Å². The van der Waals surface area contributed by atoms with E-state index in [0.29, 0.717) is 21.2 Å². The number of nitrogens with zero attached hydrogens (tertiary/aromatic N) is 1. The monoisotopic (exact) mass is 389 g/mol. The standard InChI is InChI=1S/C17H16BrN3O3/c1-11-5-4-6-12(16(11)23)9-20-21-15(22)10-19-17(24)13-7-2-3-8-14(13)18/h2-9,23H,10H2,1H3,(H,19,24)(H,21,22). The zero-order chi connectivity index (χ0) is 17.5. The van der Waals surface area contributed by atoms with E-state index in [1.807, 2.05) is 0 Å². The van der Waals surface area contributed by atoms with Crippen LogP contribution in [0.5, 0.6) is 5.75 Å². The molecule has 2 amide bonds. The van der Waals surface area contributed by atoms with Crippen molar-refractivity contribution in [3.8, 4) is 5.75 Å². The van der Waals surface area contributed by atoms with Gasteiger partial charge >= 0.3 is 0 Å². The van der Waals surface area contributed by atoms with E-state index in [4.69, 9.17) is 0 Å². The number of nitrogens with one attached hydrogen (secondary N) is 2. The number of phenols is 1. The largest absolute Gasteiger partial charge is 0.507 e. The summed E-state index contributed by atoms with van der Waals surface area (Å²) in [7, 11) is 0. The smallest absolute Gasteiger partial charge is 0.259 e. The van der Waals surface area contributed by atoms with Gasteiger partial charge < -0.3 is 10.4 Å². The number of carbonyl (C=O) groups excluding carboxylic acids is 2. The highest BCUT2D eigenvalue weighted by atomic mass is 79.9. The summed E-state index contributed by atoms with van der Waals surface area (Å²) < 4.78 is 0.649. The third-order valence-corrected chi connectivity index (χ3v) is 3.88. The van der Waals surface area contributed by atoms with Crippen LogP contribution in [0.4, 0.5) is 0 Å². The topological polar surface area (TPSA) is 90.8 Å². The van der Waals surface area contributed by atoms with Gasteiger partial charge in [-0.05, 0) is 46.6 Å². The first-order valence-corrected chi connectivity index (χ1v) is 7.91. The van der Waals surface area contributed by atoms with E-state index in [1.54, 1.807) is 49.4 Å². The maximum atomic E-state index is 12.0. The number of aromatic hydroxyl groups is 1. The van der Waals surface area contributed by atoms with E-state index in [1.165, 1.54) is 6.21 Å². The predicted octanol–water partition coefficient (Wildman–Crippen LogP) is 2.34. The Bertz CT molecular complexity index is 790. The molecule has 124 valence electrons. The third kappa shape index (κ3) is 4.66. The molecule has 0 bridgehead atoms. The van der Waals surface area contributed by atoms with Crippen LogP contribution in [-0.4, -0.2) is 29.7 Å². The van der Waals surface area contributed by atoms with Gasteiger partial charge in [-0.25, -0.2) is 5.43 Å². The van der Waals surface area contributed by atoms with Crippen LogP contribution in [0, 0.1) is 6.92 Å². The highest BCUT2D eigenvalue weighted by Crippen LogP contribution is 2.19. The molecular formula is C17H16BrN3O3. The number of rotatable bonds is 5. The molecule has 0 aliphatic heterocycles. The van der Waals surface area contributed by atoms with Gasteiger partial charge in [0.25, 0.3) is 11.8 Å². The van der Waals surface area contributed by atoms with Crippen molar-refractivity contribution >= 4 is 34.0 Å². The summed E-state index contributed by atoms with van der Waals surface area (Å²) in [5.74, 6) is -0.727. The SMILES string of the molecule is Cc1cccc(C=NNC(=O)CNC(=O)c2ccccc2Br)c1O. The summed E-state index contributed by atoms with van der Waals surface area (Å²) in [4.78, 5) is 23.6. The van der Waals surface area contributed by atoms with Crippen molar-refractivity contribution < 1.29 is 14.7 Å². The summed E-state index contributed by atoms with van der Waals surface area (Å²) in [6.45, 7) is 1.56. The minimum absolute atomic E-state index is 0.109. The maximum absolute atomic E-state index is 12.0. The summed E-state index contributed by atoms with van der Waals surface area (Å²) >= 11 is 3.28. The molecule has 7 heteroatoms. The molecule has 0 unspecified atom stereocenters.